The summed E-state index contributed by atoms with van der Waals surface area (Å²) in [6, 6.07) is 14.8. The topological polar surface area (TPSA) is 80.8 Å². The molecule has 2 fully saturated rings. The molecule has 0 bridgehead atoms. The number of nitrogens with one attached hydrogen (secondary N) is 1. The molecular formula is C34H43N3O4S. The van der Waals surface area contributed by atoms with Gasteiger partial charge in [-0.2, -0.15) is 0 Å². The highest BCUT2D eigenvalue weighted by atomic mass is 32.1. The number of nitrogens with zero attached hydrogens (tertiary/aromatic N) is 2. The van der Waals surface area contributed by atoms with Crippen molar-refractivity contribution < 1.29 is 19.1 Å². The summed E-state index contributed by atoms with van der Waals surface area (Å²) in [5.41, 5.74) is 4.54. The zero-order valence-corrected chi connectivity index (χ0v) is 26.0. The minimum Gasteiger partial charge on any atom is -0.496 e. The number of hydrogen-bond donors (Lipinski definition) is 1. The fraction of sp³-hybridized carbons (Fsp3) is 0.500. The molecule has 2 aliphatic rings. The molecule has 2 amide bonds. The van der Waals surface area contributed by atoms with Gasteiger partial charge in [0.05, 0.1) is 19.1 Å². The fourth-order valence-corrected chi connectivity index (χ4v) is 7.48. The molecule has 2 saturated carbocycles. The van der Waals surface area contributed by atoms with Crippen molar-refractivity contribution in [3.05, 3.63) is 59.8 Å². The molecule has 0 radical (unpaired) electrons. The highest BCUT2D eigenvalue weighted by Gasteiger charge is 2.34. The summed E-state index contributed by atoms with van der Waals surface area (Å²) in [5.74, 6) is 2.15. The van der Waals surface area contributed by atoms with E-state index in [0.717, 1.165) is 79.8 Å². The van der Waals surface area contributed by atoms with E-state index in [-0.39, 0.29) is 23.7 Å². The van der Waals surface area contributed by atoms with Gasteiger partial charge in [0.25, 0.3) is 5.19 Å². The summed E-state index contributed by atoms with van der Waals surface area (Å²) >= 11 is 1.50. The highest BCUT2D eigenvalue weighted by molar-refractivity contribution is 7.16. The van der Waals surface area contributed by atoms with Crippen LogP contribution in [-0.4, -0.2) is 44.6 Å². The predicted octanol–water partition coefficient (Wildman–Crippen LogP) is 7.00. The van der Waals surface area contributed by atoms with Crippen molar-refractivity contribution in [2.75, 3.05) is 32.7 Å². The van der Waals surface area contributed by atoms with Crippen molar-refractivity contribution >= 4 is 28.8 Å². The van der Waals surface area contributed by atoms with E-state index in [9.17, 15) is 9.59 Å². The molecular weight excluding hydrogens is 546 g/mol. The zero-order chi connectivity index (χ0) is 29.6. The Morgan fingerprint density at radius 3 is 2.33 bits per heavy atom. The summed E-state index contributed by atoms with van der Waals surface area (Å²) in [5, 5.41) is 3.40. The monoisotopic (exact) mass is 589 g/mol. The average Bonchev–Trinajstić information content (AvgIpc) is 3.53. The Labute approximate surface area is 253 Å². The Morgan fingerprint density at radius 2 is 1.69 bits per heavy atom. The molecule has 0 unspecified atom stereocenters. The van der Waals surface area contributed by atoms with Gasteiger partial charge in [-0.15, -0.1) is 0 Å². The number of aryl methyl sites for hydroxylation is 1. The fourth-order valence-electron chi connectivity index (χ4n) is 6.75. The first kappa shape index (κ1) is 30.1. The Hall–Kier alpha value is -3.39. The van der Waals surface area contributed by atoms with Gasteiger partial charge in [-0.25, -0.2) is 4.98 Å². The second-order valence-electron chi connectivity index (χ2n) is 11.8. The Morgan fingerprint density at radius 1 is 0.952 bits per heavy atom. The van der Waals surface area contributed by atoms with E-state index < -0.39 is 0 Å². The molecule has 42 heavy (non-hydrogen) atoms. The minimum atomic E-state index is -0.0586. The second-order valence-corrected chi connectivity index (χ2v) is 12.8. The molecule has 7 nitrogen and oxygen atoms in total. The third-order valence-corrected chi connectivity index (χ3v) is 10.2. The lowest BCUT2D eigenvalue weighted by atomic mass is 9.77. The van der Waals surface area contributed by atoms with Gasteiger partial charge in [0.15, 0.2) is 0 Å². The van der Waals surface area contributed by atoms with Crippen LogP contribution in [0.25, 0.3) is 10.4 Å². The number of rotatable bonds is 9. The summed E-state index contributed by atoms with van der Waals surface area (Å²) < 4.78 is 10.8. The van der Waals surface area contributed by atoms with E-state index in [1.54, 1.807) is 21.3 Å². The molecule has 1 aromatic heterocycles. The molecule has 0 saturated heterocycles. The number of carbonyl (C=O) groups excluding carboxylic acids is 2. The molecule has 8 heteroatoms. The third-order valence-electron chi connectivity index (χ3n) is 9.24. The number of methoxy groups -OCH3 is 2. The van der Waals surface area contributed by atoms with Gasteiger partial charge in [-0.3, -0.25) is 9.59 Å². The van der Waals surface area contributed by atoms with Gasteiger partial charge in [0.2, 0.25) is 11.8 Å². The van der Waals surface area contributed by atoms with Crippen LogP contribution in [0, 0.1) is 24.7 Å². The smallest absolute Gasteiger partial charge is 0.273 e. The number of amides is 2. The van der Waals surface area contributed by atoms with E-state index >= 15 is 0 Å². The number of aromatic nitrogens is 1. The zero-order valence-electron chi connectivity index (χ0n) is 25.2. The molecule has 1 heterocycles. The second kappa shape index (κ2) is 13.7. The number of ether oxygens (including phenoxy) is 2. The largest absolute Gasteiger partial charge is 0.496 e. The minimum absolute atomic E-state index is 0.00834. The van der Waals surface area contributed by atoms with Crippen LogP contribution >= 0.6 is 11.3 Å². The maximum atomic E-state index is 14.2. The Kier molecular flexibility index (Phi) is 9.83. The van der Waals surface area contributed by atoms with Crippen molar-refractivity contribution in [1.29, 1.82) is 0 Å². The molecule has 3 aromatic rings. The van der Waals surface area contributed by atoms with Crippen LogP contribution in [0.1, 0.15) is 68.4 Å². The maximum absolute atomic E-state index is 14.2. The molecule has 0 spiro atoms. The maximum Gasteiger partial charge on any atom is 0.273 e. The highest BCUT2D eigenvalue weighted by Crippen LogP contribution is 2.40. The van der Waals surface area contributed by atoms with E-state index in [2.05, 4.69) is 58.5 Å². The van der Waals surface area contributed by atoms with Gasteiger partial charge in [-0.05, 0) is 105 Å². The molecule has 1 N–H and O–H groups in total. The van der Waals surface area contributed by atoms with Gasteiger partial charge in [-0.1, -0.05) is 35.6 Å². The van der Waals surface area contributed by atoms with Crippen LogP contribution in [0.5, 0.6) is 10.9 Å². The van der Waals surface area contributed by atoms with Gasteiger partial charge >= 0.3 is 0 Å². The standard InChI is InChI=1S/C34H43N3O4S/c1-22-18-27(16-17-30(22)40-3)24-10-8-23(9-11-24)21-37(33(39)26-14-12-25(13-15-26)32(38)35-2)29-7-5-6-28(19-29)31-20-36-34(41-4)42-31/h5-7,16-20,23-26H,8-15,21H2,1-4H3,(H,35,38)/t23-,24-,25-,26-. The quantitative estimate of drug-likeness (QED) is 0.291. The summed E-state index contributed by atoms with van der Waals surface area (Å²) in [4.78, 5) is 33.8. The predicted molar refractivity (Wildman–Crippen MR) is 168 cm³/mol. The van der Waals surface area contributed by atoms with Gasteiger partial charge in [0.1, 0.15) is 5.75 Å². The Bertz CT molecular complexity index is 1370. The van der Waals surface area contributed by atoms with Crippen molar-refractivity contribution in [1.82, 2.24) is 10.3 Å². The van der Waals surface area contributed by atoms with E-state index in [0.29, 0.717) is 17.0 Å². The number of benzene rings is 2. The van der Waals surface area contributed by atoms with E-state index in [1.807, 2.05) is 12.3 Å². The molecule has 2 aromatic carbocycles. The summed E-state index contributed by atoms with van der Waals surface area (Å²) in [7, 11) is 5.04. The third kappa shape index (κ3) is 6.80. The van der Waals surface area contributed by atoms with Crippen molar-refractivity contribution in [3.63, 3.8) is 0 Å². The van der Waals surface area contributed by atoms with Gasteiger partial charge in [0, 0.05) is 37.3 Å². The average molecular weight is 590 g/mol. The summed E-state index contributed by atoms with van der Waals surface area (Å²) in [6.07, 6.45) is 9.28. The van der Waals surface area contributed by atoms with Crippen molar-refractivity contribution in [2.24, 2.45) is 17.8 Å². The number of anilines is 1. The molecule has 0 aliphatic heterocycles. The lowest BCUT2D eigenvalue weighted by molar-refractivity contribution is -0.129. The normalized spacial score (nSPS) is 22.3. The van der Waals surface area contributed by atoms with Crippen molar-refractivity contribution in [3.8, 4) is 21.4 Å². The first-order chi connectivity index (χ1) is 20.4. The van der Waals surface area contributed by atoms with Crippen LogP contribution in [0.2, 0.25) is 0 Å². The number of carbonyl (C=O) groups is 2. The lowest BCUT2D eigenvalue weighted by Crippen LogP contribution is -2.42. The molecule has 2 aliphatic carbocycles. The van der Waals surface area contributed by atoms with Gasteiger partial charge < -0.3 is 19.7 Å². The van der Waals surface area contributed by atoms with Crippen LogP contribution in [0.4, 0.5) is 5.69 Å². The van der Waals surface area contributed by atoms with E-state index in [4.69, 9.17) is 9.47 Å². The lowest BCUT2D eigenvalue weighted by Gasteiger charge is -2.36. The molecule has 224 valence electrons. The number of hydrogen-bond acceptors (Lipinski definition) is 6. The molecule has 0 atom stereocenters. The Balaban J connectivity index is 1.33. The van der Waals surface area contributed by atoms with E-state index in [1.165, 1.54) is 22.5 Å². The SMILES string of the molecule is CNC(=O)[C@H]1CC[C@H](C(=O)N(C[C@H]2CC[C@H](c3ccc(OC)c(C)c3)CC2)c2cccc(-c3cnc(OC)s3)c2)CC1. The number of thiazole rings is 1. The van der Waals surface area contributed by atoms with Crippen LogP contribution in [0.3, 0.4) is 0 Å². The summed E-state index contributed by atoms with van der Waals surface area (Å²) in [6.45, 7) is 2.83. The first-order valence-corrected chi connectivity index (χ1v) is 16.0. The first-order valence-electron chi connectivity index (χ1n) is 15.2. The van der Waals surface area contributed by atoms with Crippen LogP contribution < -0.4 is 19.7 Å². The molecule has 5 rings (SSSR count). The van der Waals surface area contributed by atoms with Crippen LogP contribution in [0.15, 0.2) is 48.7 Å². The van der Waals surface area contributed by atoms with Crippen LogP contribution in [-0.2, 0) is 9.59 Å². The van der Waals surface area contributed by atoms with Crippen molar-refractivity contribution in [2.45, 2.75) is 64.2 Å².